The highest BCUT2D eigenvalue weighted by Gasteiger charge is 2.39. The molecular weight excluding hydrogens is 438 g/mol. The topological polar surface area (TPSA) is 159 Å². The summed E-state index contributed by atoms with van der Waals surface area (Å²) >= 11 is 0. The van der Waals surface area contributed by atoms with E-state index >= 15 is 0 Å². The number of rotatable bonds is 3. The number of hydrogen-bond acceptors (Lipinski definition) is 11. The van der Waals surface area contributed by atoms with Gasteiger partial charge in [-0.1, -0.05) is 0 Å². The number of phenols is 1. The Morgan fingerprint density at radius 2 is 1.88 bits per heavy atom. The van der Waals surface area contributed by atoms with Crippen molar-refractivity contribution in [1.29, 1.82) is 0 Å². The molecule has 3 aromatic rings. The van der Waals surface area contributed by atoms with Crippen LogP contribution in [0, 0.1) is 12.1 Å². The molecule has 2 aliphatic rings. The zero-order chi connectivity index (χ0) is 23.6. The average molecular weight is 454 g/mol. The first-order valence-corrected chi connectivity index (χ1v) is 9.82. The van der Waals surface area contributed by atoms with E-state index in [-0.39, 0.29) is 69.0 Å². The summed E-state index contributed by atoms with van der Waals surface area (Å²) in [6.45, 7) is 2.63. The summed E-state index contributed by atoms with van der Waals surface area (Å²) in [5.74, 6) is -2.65. The summed E-state index contributed by atoms with van der Waals surface area (Å²) in [6.07, 6.45) is -0.317. The third-order valence-corrected chi connectivity index (χ3v) is 5.74. The number of phenolic OH excluding ortho intramolecular Hbond substituents is 1. The van der Waals surface area contributed by atoms with Gasteiger partial charge in [-0.25, -0.2) is 4.79 Å². The third-order valence-electron chi connectivity index (χ3n) is 5.74. The fraction of sp³-hybridized carbons (Fsp3) is 0.227. The normalized spacial score (nSPS) is 16.5. The molecule has 11 heteroatoms. The second-order valence-electron chi connectivity index (χ2n) is 7.74. The van der Waals surface area contributed by atoms with E-state index in [1.807, 2.05) is 0 Å². The number of fused-ring (bicyclic) bond motifs is 4. The largest absolute Gasteiger partial charge is 0.733 e. The fourth-order valence-corrected chi connectivity index (χ4v) is 4.39. The predicted molar refractivity (Wildman–Crippen MR) is 111 cm³/mol. The van der Waals surface area contributed by atoms with Crippen LogP contribution in [0.15, 0.2) is 27.4 Å². The number of carbonyl (C=O) groups excluding carboxylic acids is 2. The number of benzene rings is 2. The quantitative estimate of drug-likeness (QED) is 0.197. The van der Waals surface area contributed by atoms with Crippen molar-refractivity contribution in [3.05, 3.63) is 56.1 Å². The monoisotopic (exact) mass is 454 g/mol. The lowest BCUT2D eigenvalue weighted by atomic mass is 9.82. The predicted octanol–water partition coefficient (Wildman–Crippen LogP) is 2.87. The van der Waals surface area contributed by atoms with Crippen molar-refractivity contribution in [2.24, 2.45) is 0 Å². The van der Waals surface area contributed by atoms with Gasteiger partial charge in [-0.2, -0.15) is 0 Å². The minimum absolute atomic E-state index is 0.0896. The lowest BCUT2D eigenvalue weighted by Gasteiger charge is -2.32. The molecule has 0 bridgehead atoms. The molecule has 0 spiro atoms. The van der Waals surface area contributed by atoms with Crippen LogP contribution in [0.4, 0.5) is 5.69 Å². The first kappa shape index (κ1) is 20.8. The van der Waals surface area contributed by atoms with Crippen molar-refractivity contribution >= 4 is 28.4 Å². The number of esters is 1. The van der Waals surface area contributed by atoms with Crippen molar-refractivity contribution in [3.63, 3.8) is 0 Å². The Hall–Kier alpha value is -4.09. The molecule has 2 aliphatic heterocycles. The Morgan fingerprint density at radius 1 is 1.18 bits per heavy atom. The van der Waals surface area contributed by atoms with Crippen LogP contribution in [0.1, 0.15) is 46.3 Å². The van der Waals surface area contributed by atoms with Crippen LogP contribution < -0.4 is 25.1 Å². The lowest BCUT2D eigenvalue weighted by Crippen LogP contribution is -2.25. The van der Waals surface area contributed by atoms with Crippen LogP contribution in [-0.2, 0) is 4.79 Å². The Labute approximate surface area is 184 Å². The highest BCUT2D eigenvalue weighted by Crippen LogP contribution is 2.52. The molecule has 0 radical (unpaired) electrons. The van der Waals surface area contributed by atoms with E-state index in [0.717, 1.165) is 6.07 Å². The Morgan fingerprint density at radius 3 is 2.55 bits per heavy atom. The summed E-state index contributed by atoms with van der Waals surface area (Å²) in [5, 5.41) is 32.3. The number of ether oxygens (including phenoxy) is 3. The van der Waals surface area contributed by atoms with Gasteiger partial charge in [0, 0.05) is 23.6 Å². The summed E-state index contributed by atoms with van der Waals surface area (Å²) in [4.78, 5) is 37.2. The van der Waals surface area contributed by atoms with E-state index in [2.05, 4.69) is 0 Å². The Bertz CT molecular complexity index is 1420. The molecule has 170 valence electrons. The Kier molecular flexibility index (Phi) is 4.55. The van der Waals surface area contributed by atoms with Gasteiger partial charge in [0.05, 0.1) is 17.5 Å². The van der Waals surface area contributed by atoms with E-state index in [9.17, 15) is 29.9 Å². The first-order valence-electron chi connectivity index (χ1n) is 9.82. The maximum atomic E-state index is 12.6. The second-order valence-corrected chi connectivity index (χ2v) is 7.74. The number of anilines is 1. The average Bonchev–Trinajstić information content (AvgIpc) is 3.18. The van der Waals surface area contributed by atoms with Gasteiger partial charge in [-0.3, -0.25) is 14.8 Å². The first-order chi connectivity index (χ1) is 15.7. The molecule has 0 amide bonds. The maximum absolute atomic E-state index is 12.6. The molecule has 0 saturated carbocycles. The minimum Gasteiger partial charge on any atom is -0.733 e. The van der Waals surface area contributed by atoms with Gasteiger partial charge >= 0.3 is 11.6 Å². The molecule has 2 aromatic carbocycles. The molecule has 0 aliphatic carbocycles. The summed E-state index contributed by atoms with van der Waals surface area (Å²) in [5.41, 5.74) is -0.766. The van der Waals surface area contributed by atoms with Gasteiger partial charge in [0.1, 0.15) is 16.9 Å². The summed E-state index contributed by atoms with van der Waals surface area (Å²) in [7, 11) is 0. The number of hydrogen-bond donors (Lipinski definition) is 2. The van der Waals surface area contributed by atoms with Crippen molar-refractivity contribution in [2.45, 2.75) is 26.2 Å². The molecular formula is C22H16NO10-. The van der Waals surface area contributed by atoms with Gasteiger partial charge < -0.3 is 34.2 Å². The molecule has 1 unspecified atom stereocenters. The van der Waals surface area contributed by atoms with E-state index in [0.29, 0.717) is 5.56 Å². The maximum Gasteiger partial charge on any atom is 0.336 e. The van der Waals surface area contributed by atoms with Crippen molar-refractivity contribution in [1.82, 2.24) is 0 Å². The number of ketones is 1. The molecule has 11 nitrogen and oxygen atoms in total. The van der Waals surface area contributed by atoms with E-state index in [4.69, 9.17) is 18.6 Å². The standard InChI is InChI=1S/C22H16NO10/c1-8-3-15(25)32-21-17(8)20(27)18(9(2)24)22-19(21)11(5-16(26)33-22)10-4-13-14(31-7-30-13)6-12(10)23(28)29/h3-4,6,11,27-28H,5,7H2,1-2H3/q-1. The molecule has 3 heterocycles. The van der Waals surface area contributed by atoms with E-state index in [1.54, 1.807) is 6.92 Å². The second kappa shape index (κ2) is 7.22. The van der Waals surface area contributed by atoms with Crippen molar-refractivity contribution < 1.29 is 38.5 Å². The number of nitrogens with zero attached hydrogens (tertiary/aromatic N) is 1. The molecule has 1 aromatic heterocycles. The summed E-state index contributed by atoms with van der Waals surface area (Å²) in [6, 6.07) is 3.83. The highest BCUT2D eigenvalue weighted by molar-refractivity contribution is 6.09. The zero-order valence-corrected chi connectivity index (χ0v) is 17.3. The van der Waals surface area contributed by atoms with Gasteiger partial charge in [-0.15, -0.1) is 0 Å². The minimum atomic E-state index is -1.000. The molecule has 0 fully saturated rings. The van der Waals surface area contributed by atoms with Crippen LogP contribution in [0.3, 0.4) is 0 Å². The third kappa shape index (κ3) is 3.09. The SMILES string of the molecule is CC(=O)c1c2c(c3oc(=O)cc(C)c3c1O)C(c1cc3c(cc1N([O-])O)OCO3)CC(=O)O2. The number of carbonyl (C=O) groups is 2. The smallest absolute Gasteiger partial charge is 0.336 e. The molecule has 1 atom stereocenters. The number of Topliss-reactive ketones (excluding diaryl/α,β-unsaturated/α-hetero) is 1. The highest BCUT2D eigenvalue weighted by atomic mass is 16.8. The van der Waals surface area contributed by atoms with Crippen LogP contribution in [-0.4, -0.2) is 28.9 Å². The molecule has 0 saturated heterocycles. The fourth-order valence-electron chi connectivity index (χ4n) is 4.39. The molecule has 33 heavy (non-hydrogen) atoms. The number of aromatic hydroxyl groups is 1. The van der Waals surface area contributed by atoms with Crippen molar-refractivity contribution in [2.75, 3.05) is 12.0 Å². The van der Waals surface area contributed by atoms with E-state index in [1.165, 1.54) is 19.1 Å². The van der Waals surface area contributed by atoms with Gasteiger partial charge in [0.15, 0.2) is 23.0 Å². The lowest BCUT2D eigenvalue weighted by molar-refractivity contribution is -0.135. The van der Waals surface area contributed by atoms with Crippen LogP contribution in [0.25, 0.3) is 11.0 Å². The van der Waals surface area contributed by atoms with Gasteiger partial charge in [-0.05, 0) is 31.0 Å². The summed E-state index contributed by atoms with van der Waals surface area (Å²) < 4.78 is 21.4. The zero-order valence-electron chi connectivity index (χ0n) is 17.3. The Balaban J connectivity index is 1.92. The molecule has 5 rings (SSSR count). The van der Waals surface area contributed by atoms with Crippen LogP contribution in [0.2, 0.25) is 0 Å². The van der Waals surface area contributed by atoms with Crippen LogP contribution >= 0.6 is 0 Å². The van der Waals surface area contributed by atoms with Crippen molar-refractivity contribution in [3.8, 4) is 23.0 Å². The molecule has 2 N–H and O–H groups in total. The van der Waals surface area contributed by atoms with Gasteiger partial charge in [0.25, 0.3) is 0 Å². The van der Waals surface area contributed by atoms with Gasteiger partial charge in [0.2, 0.25) is 6.79 Å². The van der Waals surface area contributed by atoms with Crippen LogP contribution in [0.5, 0.6) is 23.0 Å². The van der Waals surface area contributed by atoms with E-state index < -0.39 is 29.0 Å². The number of aryl methyl sites for hydroxylation is 1.